The van der Waals surface area contributed by atoms with Crippen molar-refractivity contribution < 1.29 is 9.53 Å². The molecule has 1 aromatic heterocycles. The molecule has 22 heavy (non-hydrogen) atoms. The van der Waals surface area contributed by atoms with E-state index >= 15 is 0 Å². The highest BCUT2D eigenvalue weighted by molar-refractivity contribution is 5.92. The second-order valence-corrected chi connectivity index (χ2v) is 6.03. The van der Waals surface area contributed by atoms with Crippen LogP contribution in [0, 0.1) is 5.92 Å². The van der Waals surface area contributed by atoms with Crippen LogP contribution < -0.4 is 5.32 Å². The van der Waals surface area contributed by atoms with Crippen molar-refractivity contribution >= 4 is 11.7 Å². The van der Waals surface area contributed by atoms with Crippen molar-refractivity contribution in [3.05, 3.63) is 42.1 Å². The van der Waals surface area contributed by atoms with Gasteiger partial charge in [-0.05, 0) is 31.4 Å². The number of ether oxygens (including phenoxy) is 1. The predicted molar refractivity (Wildman–Crippen MR) is 83.1 cm³/mol. The number of rotatable bonds is 4. The number of carbonyl (C=O) groups is 1. The second-order valence-electron chi connectivity index (χ2n) is 6.03. The summed E-state index contributed by atoms with van der Waals surface area (Å²) in [7, 11) is 0. The lowest BCUT2D eigenvalue weighted by Gasteiger charge is -2.11. The lowest BCUT2D eigenvalue weighted by molar-refractivity contribution is -0.119. The van der Waals surface area contributed by atoms with Gasteiger partial charge in [-0.3, -0.25) is 4.79 Å². The van der Waals surface area contributed by atoms with E-state index in [9.17, 15) is 4.79 Å². The number of hydrogen-bond donors (Lipinski definition) is 1. The zero-order valence-corrected chi connectivity index (χ0v) is 12.4. The first-order chi connectivity index (χ1) is 10.8. The Labute approximate surface area is 129 Å². The van der Waals surface area contributed by atoms with Gasteiger partial charge in [0.15, 0.2) is 0 Å². The van der Waals surface area contributed by atoms with E-state index in [-0.39, 0.29) is 11.8 Å². The molecular formula is C17H19N3O2. The molecule has 1 aromatic carbocycles. The number of carbonyl (C=O) groups excluding carboxylic acids is 1. The Morgan fingerprint density at radius 3 is 2.73 bits per heavy atom. The first-order valence-electron chi connectivity index (χ1n) is 7.85. The Balaban J connectivity index is 1.63. The lowest BCUT2D eigenvalue weighted by Crippen LogP contribution is -2.24. The average Bonchev–Trinajstić information content (AvgIpc) is 3.09. The molecule has 1 saturated carbocycles. The predicted octanol–water partition coefficient (Wildman–Crippen LogP) is 2.72. The molecule has 5 heteroatoms. The van der Waals surface area contributed by atoms with Crippen LogP contribution in [0.2, 0.25) is 0 Å². The van der Waals surface area contributed by atoms with Crippen LogP contribution in [0.3, 0.4) is 0 Å². The van der Waals surface area contributed by atoms with Gasteiger partial charge < -0.3 is 10.1 Å². The molecule has 5 nitrogen and oxygen atoms in total. The van der Waals surface area contributed by atoms with Crippen LogP contribution in [0.15, 0.2) is 36.4 Å². The Morgan fingerprint density at radius 2 is 2.05 bits per heavy atom. The van der Waals surface area contributed by atoms with Crippen molar-refractivity contribution in [3.8, 4) is 5.69 Å². The standard InChI is InChI=1S/C17H19N3O2/c21-17(13-8-9-22-11-13)18-16-10-15(12-6-7-12)19-20(16)14-4-2-1-3-5-14/h1-5,10,12-13H,6-9,11H2,(H,18,21)/t13-/m0/s1. The van der Waals surface area contributed by atoms with E-state index in [2.05, 4.69) is 5.32 Å². The van der Waals surface area contributed by atoms with E-state index in [0.29, 0.717) is 19.1 Å². The van der Waals surface area contributed by atoms with Crippen LogP contribution in [-0.2, 0) is 9.53 Å². The largest absolute Gasteiger partial charge is 0.381 e. The molecule has 2 aromatic rings. The summed E-state index contributed by atoms with van der Waals surface area (Å²) in [6.07, 6.45) is 3.17. The molecular weight excluding hydrogens is 278 g/mol. The van der Waals surface area contributed by atoms with Crippen molar-refractivity contribution in [2.45, 2.75) is 25.2 Å². The first kappa shape index (κ1) is 13.5. The number of benzene rings is 1. The minimum atomic E-state index is -0.0523. The van der Waals surface area contributed by atoms with E-state index < -0.39 is 0 Å². The smallest absolute Gasteiger partial charge is 0.231 e. The third-order valence-corrected chi connectivity index (χ3v) is 4.28. The van der Waals surface area contributed by atoms with Crippen molar-refractivity contribution in [1.82, 2.24) is 9.78 Å². The number of aromatic nitrogens is 2. The first-order valence-corrected chi connectivity index (χ1v) is 7.85. The Kier molecular flexibility index (Phi) is 3.42. The molecule has 1 amide bonds. The SMILES string of the molecule is O=C(Nc1cc(C2CC2)nn1-c1ccccc1)[C@H]1CCOC1. The molecule has 2 heterocycles. The quantitative estimate of drug-likeness (QED) is 0.944. The van der Waals surface area contributed by atoms with Gasteiger partial charge in [0.05, 0.1) is 23.9 Å². The molecule has 114 valence electrons. The topological polar surface area (TPSA) is 56.2 Å². The zero-order valence-electron chi connectivity index (χ0n) is 12.4. The number of nitrogens with one attached hydrogen (secondary N) is 1. The summed E-state index contributed by atoms with van der Waals surface area (Å²) >= 11 is 0. The number of nitrogens with zero attached hydrogens (tertiary/aromatic N) is 2. The Bertz CT molecular complexity index is 670. The van der Waals surface area contributed by atoms with Gasteiger partial charge in [0.25, 0.3) is 0 Å². The summed E-state index contributed by atoms with van der Waals surface area (Å²) in [5.41, 5.74) is 2.04. The minimum Gasteiger partial charge on any atom is -0.381 e. The highest BCUT2D eigenvalue weighted by Gasteiger charge is 2.29. The molecule has 4 rings (SSSR count). The van der Waals surface area contributed by atoms with Gasteiger partial charge >= 0.3 is 0 Å². The molecule has 1 saturated heterocycles. The Hall–Kier alpha value is -2.14. The summed E-state index contributed by atoms with van der Waals surface area (Å²) < 4.78 is 7.14. The molecule has 1 aliphatic heterocycles. The number of para-hydroxylation sites is 1. The molecule has 0 radical (unpaired) electrons. The van der Waals surface area contributed by atoms with E-state index in [1.807, 2.05) is 41.1 Å². The van der Waals surface area contributed by atoms with Crippen molar-refractivity contribution in [3.63, 3.8) is 0 Å². The lowest BCUT2D eigenvalue weighted by atomic mass is 10.1. The third-order valence-electron chi connectivity index (χ3n) is 4.28. The van der Waals surface area contributed by atoms with Gasteiger partial charge in [-0.1, -0.05) is 18.2 Å². The van der Waals surface area contributed by atoms with Crippen molar-refractivity contribution in [2.75, 3.05) is 18.5 Å². The van der Waals surface area contributed by atoms with Gasteiger partial charge in [0.1, 0.15) is 5.82 Å². The molecule has 1 aliphatic carbocycles. The van der Waals surface area contributed by atoms with Crippen LogP contribution in [0.4, 0.5) is 5.82 Å². The molecule has 1 N–H and O–H groups in total. The van der Waals surface area contributed by atoms with Gasteiger partial charge in [-0.25, -0.2) is 4.68 Å². The van der Waals surface area contributed by atoms with E-state index in [1.54, 1.807) is 0 Å². The summed E-state index contributed by atoms with van der Waals surface area (Å²) in [5.74, 6) is 1.28. The summed E-state index contributed by atoms with van der Waals surface area (Å²) in [6.45, 7) is 1.18. The molecule has 1 atom stereocenters. The fourth-order valence-electron chi connectivity index (χ4n) is 2.80. The number of amides is 1. The molecule has 0 unspecified atom stereocenters. The average molecular weight is 297 g/mol. The molecule has 0 spiro atoms. The zero-order chi connectivity index (χ0) is 14.9. The monoisotopic (exact) mass is 297 g/mol. The summed E-state index contributed by atoms with van der Waals surface area (Å²) in [5, 5.41) is 7.73. The molecule has 2 fully saturated rings. The Morgan fingerprint density at radius 1 is 1.23 bits per heavy atom. The van der Waals surface area contributed by atoms with Crippen LogP contribution in [0.5, 0.6) is 0 Å². The normalized spacial score (nSPS) is 21.0. The summed E-state index contributed by atoms with van der Waals surface area (Å²) in [4.78, 5) is 12.4. The van der Waals surface area contributed by atoms with Gasteiger partial charge in [0.2, 0.25) is 5.91 Å². The third kappa shape index (κ3) is 2.64. The maximum atomic E-state index is 12.4. The van der Waals surface area contributed by atoms with Gasteiger partial charge in [0, 0.05) is 18.6 Å². The van der Waals surface area contributed by atoms with Crippen molar-refractivity contribution in [2.24, 2.45) is 5.92 Å². The molecule has 2 aliphatic rings. The number of anilines is 1. The van der Waals surface area contributed by atoms with Crippen LogP contribution in [-0.4, -0.2) is 28.9 Å². The van der Waals surface area contributed by atoms with E-state index in [0.717, 1.165) is 23.6 Å². The highest BCUT2D eigenvalue weighted by atomic mass is 16.5. The maximum Gasteiger partial charge on any atom is 0.231 e. The number of hydrogen-bond acceptors (Lipinski definition) is 3. The van der Waals surface area contributed by atoms with Gasteiger partial charge in [-0.2, -0.15) is 5.10 Å². The van der Waals surface area contributed by atoms with E-state index in [4.69, 9.17) is 9.84 Å². The molecule has 0 bridgehead atoms. The van der Waals surface area contributed by atoms with E-state index in [1.165, 1.54) is 12.8 Å². The summed E-state index contributed by atoms with van der Waals surface area (Å²) in [6, 6.07) is 11.9. The fourth-order valence-corrected chi connectivity index (χ4v) is 2.80. The van der Waals surface area contributed by atoms with Crippen LogP contribution >= 0.6 is 0 Å². The highest BCUT2D eigenvalue weighted by Crippen LogP contribution is 2.40. The second kappa shape index (κ2) is 5.57. The fraction of sp³-hybridized carbons (Fsp3) is 0.412. The van der Waals surface area contributed by atoms with Crippen molar-refractivity contribution in [1.29, 1.82) is 0 Å². The van der Waals surface area contributed by atoms with Crippen LogP contribution in [0.25, 0.3) is 5.69 Å². The van der Waals surface area contributed by atoms with Gasteiger partial charge in [-0.15, -0.1) is 0 Å². The van der Waals surface area contributed by atoms with Crippen LogP contribution in [0.1, 0.15) is 30.9 Å². The minimum absolute atomic E-state index is 0.0249. The maximum absolute atomic E-state index is 12.4.